The van der Waals surface area contributed by atoms with E-state index in [4.69, 9.17) is 0 Å². The van der Waals surface area contributed by atoms with Gasteiger partial charge in [0, 0.05) is 16.0 Å². The lowest BCUT2D eigenvalue weighted by Gasteiger charge is -1.91. The number of allylic oxidation sites excluding steroid dienone is 2. The van der Waals surface area contributed by atoms with Gasteiger partial charge in [-0.05, 0) is 17.0 Å². The van der Waals surface area contributed by atoms with Gasteiger partial charge in [-0.1, -0.05) is 12.2 Å². The van der Waals surface area contributed by atoms with Crippen LogP contribution in [0.3, 0.4) is 0 Å². The third-order valence-electron chi connectivity index (χ3n) is 1.89. The number of hydrogen-bond acceptors (Lipinski definition) is 1. The van der Waals surface area contributed by atoms with Gasteiger partial charge in [0.05, 0.1) is 0 Å². The summed E-state index contributed by atoms with van der Waals surface area (Å²) in [7, 11) is 0. The fourth-order valence-electron chi connectivity index (χ4n) is 1.42. The van der Waals surface area contributed by atoms with E-state index in [-0.39, 0.29) is 0 Å². The van der Waals surface area contributed by atoms with Crippen molar-refractivity contribution in [3.63, 3.8) is 0 Å². The topological polar surface area (TPSA) is 0 Å². The number of thiophene rings is 1. The lowest BCUT2D eigenvalue weighted by atomic mass is 10.2. The highest BCUT2D eigenvalue weighted by Gasteiger charge is 2.21. The van der Waals surface area contributed by atoms with Crippen LogP contribution in [0.4, 0.5) is 0 Å². The summed E-state index contributed by atoms with van der Waals surface area (Å²) in [6.45, 7) is 0. The summed E-state index contributed by atoms with van der Waals surface area (Å²) in [5.41, 5.74) is 4.32. The van der Waals surface area contributed by atoms with E-state index in [1.165, 1.54) is 21.6 Å². The van der Waals surface area contributed by atoms with Crippen LogP contribution in [0.15, 0.2) is 11.5 Å². The molecule has 0 amide bonds. The molecule has 0 N–H and O–H groups in total. The summed E-state index contributed by atoms with van der Waals surface area (Å²) < 4.78 is 0. The summed E-state index contributed by atoms with van der Waals surface area (Å²) >= 11 is 1.85. The molecule has 3 rings (SSSR count). The molecule has 4 bridgehead atoms. The van der Waals surface area contributed by atoms with Gasteiger partial charge in [-0.25, -0.2) is 0 Å². The van der Waals surface area contributed by atoms with Crippen molar-refractivity contribution in [2.45, 2.75) is 0 Å². The van der Waals surface area contributed by atoms with Gasteiger partial charge in [0.25, 0.3) is 0 Å². The second-order valence-corrected chi connectivity index (χ2v) is 3.27. The second-order valence-electron chi connectivity index (χ2n) is 2.36. The monoisotopic (exact) mass is 132 g/mol. The molecule has 0 spiro atoms. The standard InChI is InChI=1S/C8H4S/c1-2-6-7-4-9-8(6)3-5(1)7/h1-4H. The molecule has 0 atom stereocenters. The van der Waals surface area contributed by atoms with Crippen molar-refractivity contribution in [3.05, 3.63) is 27.5 Å². The van der Waals surface area contributed by atoms with Gasteiger partial charge in [0.2, 0.25) is 0 Å². The normalized spacial score (nSPS) is 17.1. The van der Waals surface area contributed by atoms with Crippen LogP contribution in [-0.2, 0) is 0 Å². The van der Waals surface area contributed by atoms with E-state index in [9.17, 15) is 0 Å². The predicted octanol–water partition coefficient (Wildman–Crippen LogP) is 2.63. The summed E-state index contributed by atoms with van der Waals surface area (Å²) in [6, 6.07) is 0. The van der Waals surface area contributed by atoms with Crippen LogP contribution < -0.4 is 0 Å². The molecule has 0 nitrogen and oxygen atoms in total. The molecule has 0 saturated heterocycles. The van der Waals surface area contributed by atoms with Crippen molar-refractivity contribution in [1.82, 2.24) is 0 Å². The summed E-state index contributed by atoms with van der Waals surface area (Å²) in [4.78, 5) is 1.45. The Morgan fingerprint density at radius 2 is 2.22 bits per heavy atom. The molecule has 1 aromatic rings. The number of rotatable bonds is 0. The van der Waals surface area contributed by atoms with Gasteiger partial charge in [0.15, 0.2) is 0 Å². The summed E-state index contributed by atoms with van der Waals surface area (Å²) in [5, 5.41) is 2.24. The Labute approximate surface area is 57.1 Å². The first kappa shape index (κ1) is 4.07. The lowest BCUT2D eigenvalue weighted by molar-refractivity contribution is 1.85. The lowest BCUT2D eigenvalue weighted by Crippen LogP contribution is -1.65. The smallest absolute Gasteiger partial charge is 0.0355 e. The minimum Gasteiger partial charge on any atom is -0.143 e. The van der Waals surface area contributed by atoms with E-state index in [0.717, 1.165) is 0 Å². The summed E-state index contributed by atoms with van der Waals surface area (Å²) in [6.07, 6.45) is 6.65. The van der Waals surface area contributed by atoms with Gasteiger partial charge in [-0.2, -0.15) is 0 Å². The Bertz CT molecular complexity index is 339. The van der Waals surface area contributed by atoms with E-state index in [2.05, 4.69) is 23.6 Å². The molecule has 0 radical (unpaired) electrons. The first-order valence-electron chi connectivity index (χ1n) is 2.97. The predicted molar refractivity (Wildman–Crippen MR) is 41.2 cm³/mol. The maximum absolute atomic E-state index is 2.26. The zero-order valence-electron chi connectivity index (χ0n) is 4.72. The van der Waals surface area contributed by atoms with Crippen molar-refractivity contribution in [3.8, 4) is 0 Å². The van der Waals surface area contributed by atoms with Crippen molar-refractivity contribution in [2.75, 3.05) is 0 Å². The number of hydrogen-bond donors (Lipinski definition) is 0. The zero-order valence-corrected chi connectivity index (χ0v) is 5.53. The first-order chi connectivity index (χ1) is 4.45. The first-order valence-corrected chi connectivity index (χ1v) is 3.85. The summed E-state index contributed by atoms with van der Waals surface area (Å²) in [5.74, 6) is 0. The SMILES string of the molecule is C1=Cc2c3csc2C=C13. The Hall–Kier alpha value is -0.820. The Morgan fingerprint density at radius 1 is 1.22 bits per heavy atom. The molecule has 2 aliphatic carbocycles. The fraction of sp³-hybridized carbons (Fsp3) is 0. The minimum atomic E-state index is 1.42. The average Bonchev–Trinajstić information content (AvgIpc) is 2.50. The highest BCUT2D eigenvalue weighted by Crippen LogP contribution is 2.44. The molecule has 0 unspecified atom stereocenters. The molecule has 0 aliphatic heterocycles. The van der Waals surface area contributed by atoms with Crippen LogP contribution in [0.25, 0.3) is 17.7 Å². The largest absolute Gasteiger partial charge is 0.143 e. The third kappa shape index (κ3) is 0.304. The molecule has 2 aliphatic rings. The van der Waals surface area contributed by atoms with E-state index < -0.39 is 0 Å². The third-order valence-corrected chi connectivity index (χ3v) is 2.83. The van der Waals surface area contributed by atoms with E-state index in [1.807, 2.05) is 11.3 Å². The Morgan fingerprint density at radius 3 is 2.78 bits per heavy atom. The fourth-order valence-corrected chi connectivity index (χ4v) is 2.43. The Kier molecular flexibility index (Phi) is 0.474. The molecule has 0 aromatic carbocycles. The van der Waals surface area contributed by atoms with E-state index in [0.29, 0.717) is 0 Å². The Balaban J connectivity index is 2.65. The molecule has 1 heterocycles. The highest BCUT2D eigenvalue weighted by atomic mass is 32.1. The van der Waals surface area contributed by atoms with Crippen LogP contribution in [0.2, 0.25) is 0 Å². The molecular weight excluding hydrogens is 128 g/mol. The molecule has 0 fully saturated rings. The minimum absolute atomic E-state index is 1.42. The highest BCUT2D eigenvalue weighted by molar-refractivity contribution is 7.12. The van der Waals surface area contributed by atoms with Crippen molar-refractivity contribution in [2.24, 2.45) is 0 Å². The van der Waals surface area contributed by atoms with Crippen LogP contribution in [0, 0.1) is 0 Å². The van der Waals surface area contributed by atoms with Crippen molar-refractivity contribution < 1.29 is 0 Å². The van der Waals surface area contributed by atoms with Crippen LogP contribution in [-0.4, -0.2) is 0 Å². The van der Waals surface area contributed by atoms with E-state index in [1.54, 1.807) is 0 Å². The van der Waals surface area contributed by atoms with Crippen molar-refractivity contribution in [1.29, 1.82) is 0 Å². The molecule has 42 valence electrons. The van der Waals surface area contributed by atoms with Gasteiger partial charge in [-0.3, -0.25) is 0 Å². The van der Waals surface area contributed by atoms with Crippen LogP contribution in [0.1, 0.15) is 16.0 Å². The zero-order chi connectivity index (χ0) is 5.84. The van der Waals surface area contributed by atoms with Gasteiger partial charge >= 0.3 is 0 Å². The van der Waals surface area contributed by atoms with E-state index >= 15 is 0 Å². The maximum Gasteiger partial charge on any atom is 0.0355 e. The second kappa shape index (κ2) is 1.05. The quantitative estimate of drug-likeness (QED) is 0.509. The molecule has 1 heteroatoms. The van der Waals surface area contributed by atoms with Gasteiger partial charge < -0.3 is 0 Å². The molecule has 0 saturated carbocycles. The van der Waals surface area contributed by atoms with Gasteiger partial charge in [-0.15, -0.1) is 11.3 Å². The molecule has 9 heavy (non-hydrogen) atoms. The van der Waals surface area contributed by atoms with Crippen LogP contribution in [0.5, 0.6) is 0 Å². The molecular formula is C8H4S. The maximum atomic E-state index is 2.26. The average molecular weight is 132 g/mol. The van der Waals surface area contributed by atoms with Crippen LogP contribution >= 0.6 is 11.3 Å². The molecule has 1 aromatic heterocycles. The van der Waals surface area contributed by atoms with Crippen molar-refractivity contribution >= 4 is 29.1 Å². The van der Waals surface area contributed by atoms with Gasteiger partial charge in [0.1, 0.15) is 0 Å².